The van der Waals surface area contributed by atoms with Gasteiger partial charge in [-0.25, -0.2) is 0 Å². The Balaban J connectivity index is 1.52. The molecule has 0 unspecified atom stereocenters. The summed E-state index contributed by atoms with van der Waals surface area (Å²) in [7, 11) is 1.58. The van der Waals surface area contributed by atoms with E-state index in [9.17, 15) is 9.59 Å². The Hall–Kier alpha value is -3.80. The van der Waals surface area contributed by atoms with Gasteiger partial charge in [0.1, 0.15) is 5.75 Å². The van der Waals surface area contributed by atoms with Gasteiger partial charge in [0.2, 0.25) is 0 Å². The molecule has 0 aliphatic rings. The highest BCUT2D eigenvalue weighted by atomic mass is 16.5. The third kappa shape index (κ3) is 6.34. The van der Waals surface area contributed by atoms with Crippen molar-refractivity contribution < 1.29 is 23.8 Å². The van der Waals surface area contributed by atoms with Crippen LogP contribution in [0.4, 0.5) is 5.69 Å². The van der Waals surface area contributed by atoms with E-state index in [0.717, 1.165) is 5.56 Å². The smallest absolute Gasteiger partial charge is 0.311 e. The first-order valence-corrected chi connectivity index (χ1v) is 10.1. The fourth-order valence-corrected chi connectivity index (χ4v) is 2.97. The average Bonchev–Trinajstić information content (AvgIpc) is 2.79. The van der Waals surface area contributed by atoms with Crippen LogP contribution in [0.15, 0.2) is 72.8 Å². The molecule has 0 atom stereocenters. The normalized spacial score (nSPS) is 10.3. The van der Waals surface area contributed by atoms with E-state index < -0.39 is 0 Å². The Morgan fingerprint density at radius 2 is 1.65 bits per heavy atom. The van der Waals surface area contributed by atoms with Crippen LogP contribution in [0.3, 0.4) is 0 Å². The Morgan fingerprint density at radius 3 is 2.32 bits per heavy atom. The second kappa shape index (κ2) is 10.8. The summed E-state index contributed by atoms with van der Waals surface area (Å²) < 4.78 is 16.2. The van der Waals surface area contributed by atoms with E-state index >= 15 is 0 Å². The summed E-state index contributed by atoms with van der Waals surface area (Å²) in [6.45, 7) is 2.46. The van der Waals surface area contributed by atoms with Crippen LogP contribution in [0.25, 0.3) is 0 Å². The van der Waals surface area contributed by atoms with E-state index in [0.29, 0.717) is 41.5 Å². The van der Waals surface area contributed by atoms with Crippen molar-refractivity contribution in [2.24, 2.45) is 0 Å². The number of carbonyl (C=O) groups is 2. The summed E-state index contributed by atoms with van der Waals surface area (Å²) in [5.41, 5.74) is 2.14. The molecule has 0 aliphatic carbocycles. The van der Waals surface area contributed by atoms with Gasteiger partial charge < -0.3 is 19.5 Å². The molecule has 0 heterocycles. The van der Waals surface area contributed by atoms with Crippen molar-refractivity contribution in [2.75, 3.05) is 19.0 Å². The first kappa shape index (κ1) is 21.9. The zero-order chi connectivity index (χ0) is 22.1. The van der Waals surface area contributed by atoms with Gasteiger partial charge in [-0.2, -0.15) is 0 Å². The molecule has 6 heteroatoms. The summed E-state index contributed by atoms with van der Waals surface area (Å²) in [6, 6.07) is 21.3. The first-order valence-electron chi connectivity index (χ1n) is 10.1. The lowest BCUT2D eigenvalue weighted by atomic mass is 10.1. The maximum absolute atomic E-state index is 12.3. The monoisotopic (exact) mass is 419 g/mol. The number of hydrogen-bond donors (Lipinski definition) is 1. The molecule has 3 rings (SSSR count). The van der Waals surface area contributed by atoms with E-state index in [4.69, 9.17) is 14.2 Å². The summed E-state index contributed by atoms with van der Waals surface area (Å²) in [4.78, 5) is 24.5. The molecule has 0 spiro atoms. The van der Waals surface area contributed by atoms with E-state index in [1.54, 1.807) is 31.4 Å². The minimum Gasteiger partial charge on any atom is -0.493 e. The number of carbonyl (C=O) groups excluding carboxylic acids is 2. The fourth-order valence-electron chi connectivity index (χ4n) is 2.97. The molecule has 0 bridgehead atoms. The summed E-state index contributed by atoms with van der Waals surface area (Å²) in [6.07, 6.45) is 0.729. The molecule has 3 aromatic rings. The third-order valence-corrected chi connectivity index (χ3v) is 4.53. The van der Waals surface area contributed by atoms with Crippen molar-refractivity contribution in [1.29, 1.82) is 0 Å². The lowest BCUT2D eigenvalue weighted by molar-refractivity contribution is -0.134. The molecular formula is C25H25NO5. The molecule has 0 saturated carbocycles. The van der Waals surface area contributed by atoms with Crippen molar-refractivity contribution in [3.05, 3.63) is 83.9 Å². The molecule has 31 heavy (non-hydrogen) atoms. The number of ether oxygens (including phenoxy) is 3. The molecular weight excluding hydrogens is 394 g/mol. The molecule has 0 fully saturated rings. The Morgan fingerprint density at radius 1 is 0.903 bits per heavy atom. The number of methoxy groups -OCH3 is 1. The van der Waals surface area contributed by atoms with Crippen LogP contribution in [0.2, 0.25) is 0 Å². The van der Waals surface area contributed by atoms with Crippen LogP contribution in [-0.4, -0.2) is 25.6 Å². The van der Waals surface area contributed by atoms with Gasteiger partial charge in [-0.15, -0.1) is 0 Å². The predicted octanol–water partition coefficient (Wildman–Crippen LogP) is 4.88. The number of esters is 1. The molecule has 1 N–H and O–H groups in total. The zero-order valence-corrected chi connectivity index (χ0v) is 17.6. The molecule has 0 radical (unpaired) electrons. The van der Waals surface area contributed by atoms with E-state index in [2.05, 4.69) is 5.32 Å². The molecule has 1 amide bonds. The standard InChI is InChI=1S/C25H25NO5/c1-3-30-22-15-9-18(17-23(22)29-2)10-16-24(27)31-21-13-11-19(12-14-21)25(28)26-20-7-5-4-6-8-20/h4-9,11-15,17H,3,10,16H2,1-2H3,(H,26,28). The number of rotatable bonds is 9. The Labute approximate surface area is 181 Å². The van der Waals surface area contributed by atoms with Gasteiger partial charge in [-0.1, -0.05) is 24.3 Å². The number of amides is 1. The lowest BCUT2D eigenvalue weighted by Gasteiger charge is -2.11. The first-order chi connectivity index (χ1) is 15.1. The van der Waals surface area contributed by atoms with Crippen LogP contribution in [0.1, 0.15) is 29.3 Å². The summed E-state index contributed by atoms with van der Waals surface area (Å²) in [5, 5.41) is 2.81. The van der Waals surface area contributed by atoms with Crippen molar-refractivity contribution in [3.63, 3.8) is 0 Å². The maximum atomic E-state index is 12.3. The number of benzene rings is 3. The summed E-state index contributed by atoms with van der Waals surface area (Å²) >= 11 is 0. The second-order valence-corrected chi connectivity index (χ2v) is 6.74. The molecule has 160 valence electrons. The van der Waals surface area contributed by atoms with E-state index in [1.807, 2.05) is 55.5 Å². The topological polar surface area (TPSA) is 73.9 Å². The number of hydrogen-bond acceptors (Lipinski definition) is 5. The van der Waals surface area contributed by atoms with Gasteiger partial charge in [0.05, 0.1) is 13.7 Å². The summed E-state index contributed by atoms with van der Waals surface area (Å²) in [5.74, 6) is 1.12. The Bertz CT molecular complexity index is 1020. The molecule has 0 aliphatic heterocycles. The second-order valence-electron chi connectivity index (χ2n) is 6.74. The lowest BCUT2D eigenvalue weighted by Crippen LogP contribution is -2.12. The highest BCUT2D eigenvalue weighted by molar-refractivity contribution is 6.04. The Kier molecular flexibility index (Phi) is 7.65. The maximum Gasteiger partial charge on any atom is 0.311 e. The van der Waals surface area contributed by atoms with Crippen LogP contribution in [0, 0.1) is 0 Å². The van der Waals surface area contributed by atoms with Crippen molar-refractivity contribution in [3.8, 4) is 17.2 Å². The third-order valence-electron chi connectivity index (χ3n) is 4.53. The zero-order valence-electron chi connectivity index (χ0n) is 17.6. The highest BCUT2D eigenvalue weighted by Gasteiger charge is 2.10. The van der Waals surface area contributed by atoms with E-state index in [-0.39, 0.29) is 18.3 Å². The van der Waals surface area contributed by atoms with Crippen LogP contribution >= 0.6 is 0 Å². The van der Waals surface area contributed by atoms with Crippen molar-refractivity contribution >= 4 is 17.6 Å². The predicted molar refractivity (Wildman–Crippen MR) is 119 cm³/mol. The van der Waals surface area contributed by atoms with Gasteiger partial charge in [0.25, 0.3) is 5.91 Å². The molecule has 6 nitrogen and oxygen atoms in total. The van der Waals surface area contributed by atoms with Gasteiger partial charge in [0, 0.05) is 17.7 Å². The van der Waals surface area contributed by atoms with Gasteiger partial charge in [-0.05, 0) is 67.4 Å². The molecule has 0 saturated heterocycles. The minimum atomic E-state index is -0.352. The van der Waals surface area contributed by atoms with Gasteiger partial charge in [0.15, 0.2) is 11.5 Å². The van der Waals surface area contributed by atoms with Crippen molar-refractivity contribution in [2.45, 2.75) is 19.8 Å². The number of nitrogens with one attached hydrogen (secondary N) is 1. The van der Waals surface area contributed by atoms with Crippen LogP contribution in [0.5, 0.6) is 17.2 Å². The average molecular weight is 419 g/mol. The van der Waals surface area contributed by atoms with Gasteiger partial charge in [-0.3, -0.25) is 9.59 Å². The van der Waals surface area contributed by atoms with Crippen molar-refractivity contribution in [1.82, 2.24) is 0 Å². The number of para-hydroxylation sites is 1. The number of anilines is 1. The van der Waals surface area contributed by atoms with Gasteiger partial charge >= 0.3 is 5.97 Å². The van der Waals surface area contributed by atoms with Crippen LogP contribution in [-0.2, 0) is 11.2 Å². The quantitative estimate of drug-likeness (QED) is 0.395. The highest BCUT2D eigenvalue weighted by Crippen LogP contribution is 2.28. The molecule has 3 aromatic carbocycles. The van der Waals surface area contributed by atoms with Crippen LogP contribution < -0.4 is 19.5 Å². The molecule has 0 aromatic heterocycles. The largest absolute Gasteiger partial charge is 0.493 e. The fraction of sp³-hybridized carbons (Fsp3) is 0.200. The minimum absolute atomic E-state index is 0.216. The SMILES string of the molecule is CCOc1ccc(CCC(=O)Oc2ccc(C(=O)Nc3ccccc3)cc2)cc1OC. The van der Waals surface area contributed by atoms with E-state index in [1.165, 1.54) is 0 Å². The number of aryl methyl sites for hydroxylation is 1.